The van der Waals surface area contributed by atoms with Gasteiger partial charge in [-0.15, -0.1) is 0 Å². The molecular weight excluding hydrogens is 276 g/mol. The number of aliphatic hydroxyl groups excluding tert-OH is 1. The van der Waals surface area contributed by atoms with E-state index < -0.39 is 0 Å². The molecule has 0 saturated carbocycles. The highest BCUT2D eigenvalue weighted by molar-refractivity contribution is 5.48. The van der Waals surface area contributed by atoms with E-state index in [9.17, 15) is 0 Å². The van der Waals surface area contributed by atoms with Gasteiger partial charge in [0.15, 0.2) is 6.29 Å². The third-order valence-corrected chi connectivity index (χ3v) is 2.82. The van der Waals surface area contributed by atoms with Crippen molar-refractivity contribution in [3.8, 4) is 5.75 Å². The summed E-state index contributed by atoms with van der Waals surface area (Å²) in [7, 11) is 1.61. The molecule has 1 N–H and O–H groups in total. The standard InChI is InChI=1S/C11H14O2.C8H8O/c1-4-10-5-7-11(8-6-10)13-9(2)12-3;9-7-6-8-4-2-1-3-5-8/h4-9H,1H2,2-3H3;1-7,9H. The topological polar surface area (TPSA) is 38.7 Å². The number of aliphatic hydroxyl groups is 1. The summed E-state index contributed by atoms with van der Waals surface area (Å²) in [5.74, 6) is 0.806. The first-order valence-corrected chi connectivity index (χ1v) is 6.97. The predicted octanol–water partition coefficient (Wildman–Crippen LogP) is 4.92. The number of benzene rings is 2. The Morgan fingerprint density at radius 1 is 1.00 bits per heavy atom. The first kappa shape index (κ1) is 17.5. The van der Waals surface area contributed by atoms with Gasteiger partial charge in [0, 0.05) is 7.11 Å². The van der Waals surface area contributed by atoms with Crippen LogP contribution in [0.15, 0.2) is 67.4 Å². The monoisotopic (exact) mass is 298 g/mol. The molecule has 0 aliphatic rings. The summed E-state index contributed by atoms with van der Waals surface area (Å²) in [5.41, 5.74) is 2.09. The van der Waals surface area contributed by atoms with Crippen LogP contribution in [0, 0.1) is 0 Å². The molecule has 2 aromatic carbocycles. The van der Waals surface area contributed by atoms with E-state index >= 15 is 0 Å². The highest BCUT2D eigenvalue weighted by Crippen LogP contribution is 2.14. The Morgan fingerprint density at radius 2 is 1.64 bits per heavy atom. The van der Waals surface area contributed by atoms with Crippen LogP contribution in [-0.4, -0.2) is 18.5 Å². The maximum Gasteiger partial charge on any atom is 0.196 e. The second-order valence-electron chi connectivity index (χ2n) is 4.42. The van der Waals surface area contributed by atoms with Crippen molar-refractivity contribution in [2.24, 2.45) is 0 Å². The minimum atomic E-state index is -0.213. The second kappa shape index (κ2) is 10.2. The van der Waals surface area contributed by atoms with Crippen LogP contribution >= 0.6 is 0 Å². The molecule has 0 spiro atoms. The number of rotatable bonds is 5. The Hall–Kier alpha value is -2.52. The summed E-state index contributed by atoms with van der Waals surface area (Å²) in [6, 6.07) is 17.3. The van der Waals surface area contributed by atoms with Crippen molar-refractivity contribution in [3.05, 3.63) is 78.6 Å². The Labute approximate surface area is 132 Å². The van der Waals surface area contributed by atoms with Gasteiger partial charge in [0.05, 0.1) is 6.26 Å². The van der Waals surface area contributed by atoms with Gasteiger partial charge in [-0.1, -0.05) is 55.1 Å². The average molecular weight is 298 g/mol. The Morgan fingerprint density at radius 3 is 2.14 bits per heavy atom. The molecule has 0 fully saturated rings. The molecule has 0 aliphatic heterocycles. The third kappa shape index (κ3) is 6.77. The highest BCUT2D eigenvalue weighted by Gasteiger charge is 1.99. The van der Waals surface area contributed by atoms with Gasteiger partial charge in [0.1, 0.15) is 5.75 Å². The van der Waals surface area contributed by atoms with Gasteiger partial charge in [0.25, 0.3) is 0 Å². The molecule has 0 saturated heterocycles. The van der Waals surface area contributed by atoms with E-state index in [2.05, 4.69) is 6.58 Å². The molecule has 0 radical (unpaired) electrons. The van der Waals surface area contributed by atoms with Gasteiger partial charge in [-0.2, -0.15) is 0 Å². The zero-order valence-electron chi connectivity index (χ0n) is 13.0. The third-order valence-electron chi connectivity index (χ3n) is 2.82. The number of hydrogen-bond donors (Lipinski definition) is 1. The van der Waals surface area contributed by atoms with Crippen LogP contribution < -0.4 is 4.74 Å². The largest absolute Gasteiger partial charge is 0.516 e. The van der Waals surface area contributed by atoms with Crippen molar-refractivity contribution in [1.29, 1.82) is 0 Å². The van der Waals surface area contributed by atoms with Crippen molar-refractivity contribution in [2.45, 2.75) is 13.2 Å². The van der Waals surface area contributed by atoms with Gasteiger partial charge in [-0.25, -0.2) is 0 Å². The van der Waals surface area contributed by atoms with E-state index in [0.29, 0.717) is 0 Å². The fraction of sp³-hybridized carbons (Fsp3) is 0.158. The predicted molar refractivity (Wildman–Crippen MR) is 91.7 cm³/mol. The Bertz CT molecular complexity index is 559. The van der Waals surface area contributed by atoms with E-state index in [1.807, 2.05) is 61.5 Å². The van der Waals surface area contributed by atoms with Crippen LogP contribution in [-0.2, 0) is 4.74 Å². The van der Waals surface area contributed by atoms with E-state index in [0.717, 1.165) is 23.1 Å². The smallest absolute Gasteiger partial charge is 0.196 e. The lowest BCUT2D eigenvalue weighted by atomic mass is 10.2. The van der Waals surface area contributed by atoms with Crippen LogP contribution in [0.25, 0.3) is 12.2 Å². The van der Waals surface area contributed by atoms with Gasteiger partial charge < -0.3 is 14.6 Å². The summed E-state index contributed by atoms with van der Waals surface area (Å²) in [5, 5.41) is 8.34. The molecule has 116 valence electrons. The zero-order chi connectivity index (χ0) is 16.2. The SMILES string of the molecule is C=Cc1ccc(OC(C)OC)cc1.OC=Cc1ccccc1. The van der Waals surface area contributed by atoms with Crippen molar-refractivity contribution < 1.29 is 14.6 Å². The van der Waals surface area contributed by atoms with E-state index in [1.165, 1.54) is 0 Å². The summed E-state index contributed by atoms with van der Waals surface area (Å²) in [6.45, 7) is 5.52. The minimum absolute atomic E-state index is 0.213. The number of hydrogen-bond acceptors (Lipinski definition) is 3. The van der Waals surface area contributed by atoms with Crippen LogP contribution in [0.5, 0.6) is 5.75 Å². The molecule has 22 heavy (non-hydrogen) atoms. The molecular formula is C19H22O3. The van der Waals surface area contributed by atoms with Crippen molar-refractivity contribution >= 4 is 12.2 Å². The molecule has 0 aromatic heterocycles. The van der Waals surface area contributed by atoms with Crippen LogP contribution in [0.3, 0.4) is 0 Å². The van der Waals surface area contributed by atoms with Gasteiger partial charge in [0.2, 0.25) is 0 Å². The Balaban J connectivity index is 0.000000235. The summed E-state index contributed by atoms with van der Waals surface area (Å²) in [4.78, 5) is 0. The normalized spacial score (nSPS) is 11.4. The fourth-order valence-electron chi connectivity index (χ4n) is 1.57. The quantitative estimate of drug-likeness (QED) is 0.629. The van der Waals surface area contributed by atoms with E-state index in [4.69, 9.17) is 14.6 Å². The summed E-state index contributed by atoms with van der Waals surface area (Å²) in [6.07, 6.45) is 4.26. The van der Waals surface area contributed by atoms with Crippen LogP contribution in [0.4, 0.5) is 0 Å². The molecule has 0 bridgehead atoms. The maximum atomic E-state index is 8.34. The molecule has 0 heterocycles. The van der Waals surface area contributed by atoms with Crippen LogP contribution in [0.2, 0.25) is 0 Å². The lowest BCUT2D eigenvalue weighted by Crippen LogP contribution is -2.13. The first-order valence-electron chi connectivity index (χ1n) is 6.97. The fourth-order valence-corrected chi connectivity index (χ4v) is 1.57. The minimum Gasteiger partial charge on any atom is -0.516 e. The van der Waals surface area contributed by atoms with Gasteiger partial charge in [-0.05, 0) is 36.3 Å². The van der Waals surface area contributed by atoms with Gasteiger partial charge in [-0.3, -0.25) is 0 Å². The lowest BCUT2D eigenvalue weighted by molar-refractivity contribution is -0.0382. The first-order chi connectivity index (χ1) is 10.7. The van der Waals surface area contributed by atoms with E-state index in [1.54, 1.807) is 19.3 Å². The molecule has 2 rings (SSSR count). The van der Waals surface area contributed by atoms with Crippen molar-refractivity contribution in [2.75, 3.05) is 7.11 Å². The molecule has 0 amide bonds. The second-order valence-corrected chi connectivity index (χ2v) is 4.42. The molecule has 0 aliphatic carbocycles. The molecule has 1 unspecified atom stereocenters. The summed E-state index contributed by atoms with van der Waals surface area (Å²) >= 11 is 0. The average Bonchev–Trinajstić information content (AvgIpc) is 2.57. The lowest BCUT2D eigenvalue weighted by Gasteiger charge is -2.12. The zero-order valence-corrected chi connectivity index (χ0v) is 13.0. The maximum absolute atomic E-state index is 8.34. The van der Waals surface area contributed by atoms with Crippen LogP contribution in [0.1, 0.15) is 18.1 Å². The Kier molecular flexibility index (Phi) is 8.16. The molecule has 3 heteroatoms. The van der Waals surface area contributed by atoms with Gasteiger partial charge >= 0.3 is 0 Å². The number of ether oxygens (including phenoxy) is 2. The molecule has 3 nitrogen and oxygen atoms in total. The highest BCUT2D eigenvalue weighted by atomic mass is 16.7. The van der Waals surface area contributed by atoms with Crippen molar-refractivity contribution in [1.82, 2.24) is 0 Å². The van der Waals surface area contributed by atoms with E-state index in [-0.39, 0.29) is 6.29 Å². The number of methoxy groups -OCH3 is 1. The summed E-state index contributed by atoms with van der Waals surface area (Å²) < 4.78 is 10.4. The molecule has 1 atom stereocenters. The molecule has 2 aromatic rings. The van der Waals surface area contributed by atoms with Crippen molar-refractivity contribution in [3.63, 3.8) is 0 Å².